The smallest absolute Gasteiger partial charge is 0.309 e. The maximum Gasteiger partial charge on any atom is 0.309 e. The molecule has 0 aromatic carbocycles. The van der Waals surface area contributed by atoms with Crippen molar-refractivity contribution in [1.29, 1.82) is 0 Å². The van der Waals surface area contributed by atoms with Gasteiger partial charge in [-0.15, -0.1) is 0 Å². The van der Waals surface area contributed by atoms with Crippen LogP contribution in [0.1, 0.15) is 18.5 Å². The van der Waals surface area contributed by atoms with Gasteiger partial charge in [0.1, 0.15) is 4.90 Å². The SMILES string of the molecule is COC(=O)C1CCCN(S(=O)(=O)c2cn[nH]c2C)C1. The molecule has 106 valence electrons. The van der Waals surface area contributed by atoms with Crippen molar-refractivity contribution in [2.24, 2.45) is 5.92 Å². The summed E-state index contributed by atoms with van der Waals surface area (Å²) in [6.07, 6.45) is 2.60. The molecule has 0 aliphatic carbocycles. The highest BCUT2D eigenvalue weighted by Gasteiger charge is 2.34. The number of H-pyrrole nitrogens is 1. The van der Waals surface area contributed by atoms with E-state index in [9.17, 15) is 13.2 Å². The van der Waals surface area contributed by atoms with Crippen molar-refractivity contribution in [1.82, 2.24) is 14.5 Å². The summed E-state index contributed by atoms with van der Waals surface area (Å²) in [5.74, 6) is -0.746. The normalized spacial score (nSPS) is 21.3. The Kier molecular flexibility index (Phi) is 3.91. The van der Waals surface area contributed by atoms with E-state index in [1.165, 1.54) is 17.6 Å². The minimum Gasteiger partial charge on any atom is -0.469 e. The molecule has 0 saturated carbocycles. The highest BCUT2D eigenvalue weighted by molar-refractivity contribution is 7.89. The van der Waals surface area contributed by atoms with Gasteiger partial charge in [-0.1, -0.05) is 0 Å². The second kappa shape index (κ2) is 5.30. The maximum absolute atomic E-state index is 12.4. The van der Waals surface area contributed by atoms with Crippen molar-refractivity contribution in [3.63, 3.8) is 0 Å². The van der Waals surface area contributed by atoms with Gasteiger partial charge < -0.3 is 4.74 Å². The van der Waals surface area contributed by atoms with Crippen molar-refractivity contribution in [3.8, 4) is 0 Å². The number of carbonyl (C=O) groups is 1. The third kappa shape index (κ3) is 2.64. The minimum atomic E-state index is -3.59. The predicted octanol–water partition coefficient (Wildman–Crippen LogP) is 0.292. The lowest BCUT2D eigenvalue weighted by molar-refractivity contribution is -0.146. The Labute approximate surface area is 112 Å². The highest BCUT2D eigenvalue weighted by atomic mass is 32.2. The third-order valence-corrected chi connectivity index (χ3v) is 5.30. The van der Waals surface area contributed by atoms with Gasteiger partial charge in [-0.25, -0.2) is 8.42 Å². The number of esters is 1. The van der Waals surface area contributed by atoms with Crippen LogP contribution in [0.25, 0.3) is 0 Å². The molecule has 8 heteroatoms. The maximum atomic E-state index is 12.4. The van der Waals surface area contributed by atoms with E-state index in [0.29, 0.717) is 25.1 Å². The number of rotatable bonds is 3. The van der Waals surface area contributed by atoms with E-state index in [1.807, 2.05) is 0 Å². The van der Waals surface area contributed by atoms with Crippen LogP contribution in [-0.4, -0.2) is 49.1 Å². The molecular weight excluding hydrogens is 270 g/mol. The quantitative estimate of drug-likeness (QED) is 0.807. The first-order valence-corrected chi connectivity index (χ1v) is 7.48. The molecule has 7 nitrogen and oxygen atoms in total. The molecule has 1 saturated heterocycles. The summed E-state index contributed by atoms with van der Waals surface area (Å²) in [5.41, 5.74) is 0.500. The van der Waals surface area contributed by atoms with Gasteiger partial charge in [0.15, 0.2) is 0 Å². The van der Waals surface area contributed by atoms with Crippen LogP contribution >= 0.6 is 0 Å². The molecule has 1 aliphatic rings. The summed E-state index contributed by atoms with van der Waals surface area (Å²) in [4.78, 5) is 11.7. The van der Waals surface area contributed by atoms with Gasteiger partial charge in [0.25, 0.3) is 0 Å². The van der Waals surface area contributed by atoms with Crippen LogP contribution in [0.2, 0.25) is 0 Å². The first-order chi connectivity index (χ1) is 8.96. The highest BCUT2D eigenvalue weighted by Crippen LogP contribution is 2.25. The number of ether oxygens (including phenoxy) is 1. The molecular formula is C11H17N3O4S. The molecule has 1 aromatic rings. The van der Waals surface area contributed by atoms with Crippen LogP contribution < -0.4 is 0 Å². The predicted molar refractivity (Wildman–Crippen MR) is 66.8 cm³/mol. The summed E-state index contributed by atoms with van der Waals surface area (Å²) in [6.45, 7) is 2.24. The van der Waals surface area contributed by atoms with Crippen molar-refractivity contribution in [2.75, 3.05) is 20.2 Å². The van der Waals surface area contributed by atoms with E-state index in [2.05, 4.69) is 14.9 Å². The van der Waals surface area contributed by atoms with Crippen LogP contribution in [0, 0.1) is 12.8 Å². The zero-order valence-corrected chi connectivity index (χ0v) is 11.7. The number of aryl methyl sites for hydroxylation is 1. The van der Waals surface area contributed by atoms with Gasteiger partial charge in [-0.05, 0) is 19.8 Å². The fraction of sp³-hybridized carbons (Fsp3) is 0.636. The number of aromatic nitrogens is 2. The number of nitrogens with one attached hydrogen (secondary N) is 1. The number of nitrogens with zero attached hydrogens (tertiary/aromatic N) is 2. The molecule has 1 aromatic heterocycles. The molecule has 0 bridgehead atoms. The van der Waals surface area contributed by atoms with Crippen molar-refractivity contribution in [3.05, 3.63) is 11.9 Å². The Morgan fingerprint density at radius 3 is 2.89 bits per heavy atom. The molecule has 1 fully saturated rings. The van der Waals surface area contributed by atoms with Crippen LogP contribution in [0.3, 0.4) is 0 Å². The second-order valence-corrected chi connectivity index (χ2v) is 6.49. The molecule has 0 spiro atoms. The zero-order valence-electron chi connectivity index (χ0n) is 10.9. The molecule has 1 N–H and O–H groups in total. The van der Waals surface area contributed by atoms with Crippen LogP contribution in [-0.2, 0) is 19.6 Å². The van der Waals surface area contributed by atoms with Gasteiger partial charge in [-0.3, -0.25) is 9.89 Å². The van der Waals surface area contributed by atoms with Gasteiger partial charge in [0.05, 0.1) is 24.9 Å². The summed E-state index contributed by atoms with van der Waals surface area (Å²) in [7, 11) is -2.28. The second-order valence-electron chi connectivity index (χ2n) is 4.58. The Balaban J connectivity index is 2.22. The van der Waals surface area contributed by atoms with Gasteiger partial charge >= 0.3 is 5.97 Å². The Morgan fingerprint density at radius 1 is 1.58 bits per heavy atom. The molecule has 2 rings (SSSR count). The Hall–Kier alpha value is -1.41. The number of hydrogen-bond acceptors (Lipinski definition) is 5. The third-order valence-electron chi connectivity index (χ3n) is 3.32. The van der Waals surface area contributed by atoms with E-state index >= 15 is 0 Å². The molecule has 2 heterocycles. The first-order valence-electron chi connectivity index (χ1n) is 6.04. The average Bonchev–Trinajstić information content (AvgIpc) is 2.85. The minimum absolute atomic E-state index is 0.165. The molecule has 0 amide bonds. The molecule has 1 unspecified atom stereocenters. The fourth-order valence-corrected chi connectivity index (χ4v) is 3.90. The number of aromatic amines is 1. The standard InChI is InChI=1S/C11H17N3O4S/c1-8-10(6-12-13-8)19(16,17)14-5-3-4-9(7-14)11(15)18-2/h6,9H,3-5,7H2,1-2H3,(H,12,13). The summed E-state index contributed by atoms with van der Waals surface area (Å²) >= 11 is 0. The van der Waals surface area contributed by atoms with E-state index in [-0.39, 0.29) is 23.3 Å². The van der Waals surface area contributed by atoms with E-state index in [1.54, 1.807) is 6.92 Å². The lowest BCUT2D eigenvalue weighted by Crippen LogP contribution is -2.42. The summed E-state index contributed by atoms with van der Waals surface area (Å²) < 4.78 is 30.9. The monoisotopic (exact) mass is 287 g/mol. The van der Waals surface area contributed by atoms with Crippen molar-refractivity contribution in [2.45, 2.75) is 24.7 Å². The lowest BCUT2D eigenvalue weighted by Gasteiger charge is -2.30. The zero-order chi connectivity index (χ0) is 14.0. The van der Waals surface area contributed by atoms with Gasteiger partial charge in [-0.2, -0.15) is 9.40 Å². The largest absolute Gasteiger partial charge is 0.469 e. The summed E-state index contributed by atoms with van der Waals surface area (Å²) in [6, 6.07) is 0. The number of hydrogen-bond donors (Lipinski definition) is 1. The van der Waals surface area contributed by atoms with Crippen LogP contribution in [0.5, 0.6) is 0 Å². The number of carbonyl (C=O) groups excluding carboxylic acids is 1. The van der Waals surface area contributed by atoms with E-state index in [0.717, 1.165) is 0 Å². The molecule has 19 heavy (non-hydrogen) atoms. The first kappa shape index (κ1) is 14.0. The van der Waals surface area contributed by atoms with Gasteiger partial charge in [0.2, 0.25) is 10.0 Å². The van der Waals surface area contributed by atoms with E-state index < -0.39 is 10.0 Å². The van der Waals surface area contributed by atoms with Gasteiger partial charge in [0, 0.05) is 13.1 Å². The molecule has 1 aliphatic heterocycles. The Bertz CT molecular complexity index is 566. The Morgan fingerprint density at radius 2 is 2.32 bits per heavy atom. The van der Waals surface area contributed by atoms with E-state index in [4.69, 9.17) is 0 Å². The van der Waals surface area contributed by atoms with Crippen LogP contribution in [0.4, 0.5) is 0 Å². The van der Waals surface area contributed by atoms with Crippen molar-refractivity contribution < 1.29 is 17.9 Å². The topological polar surface area (TPSA) is 92.4 Å². The molecule has 1 atom stereocenters. The molecule has 0 radical (unpaired) electrons. The fourth-order valence-electron chi connectivity index (χ4n) is 2.26. The number of sulfonamides is 1. The summed E-state index contributed by atoms with van der Waals surface area (Å²) in [5, 5.41) is 6.34. The average molecular weight is 287 g/mol. The number of piperidine rings is 1. The van der Waals surface area contributed by atoms with Crippen LogP contribution in [0.15, 0.2) is 11.1 Å². The van der Waals surface area contributed by atoms with Crippen molar-refractivity contribution >= 4 is 16.0 Å². The number of methoxy groups -OCH3 is 1. The lowest BCUT2D eigenvalue weighted by atomic mass is 10.0.